The number of allylic oxidation sites excluding steroid dienone is 5. The summed E-state index contributed by atoms with van der Waals surface area (Å²) in [5, 5.41) is 0. The highest BCUT2D eigenvalue weighted by Crippen LogP contribution is 2.67. The molecule has 4 aliphatic carbocycles. The van der Waals surface area contributed by atoms with Gasteiger partial charge in [0.25, 0.3) is 0 Å². The van der Waals surface area contributed by atoms with Crippen molar-refractivity contribution in [2.75, 3.05) is 0 Å². The summed E-state index contributed by atoms with van der Waals surface area (Å²) in [7, 11) is 0. The quantitative estimate of drug-likeness (QED) is 0.246. The fourth-order valence-electron chi connectivity index (χ4n) is 8.46. The van der Waals surface area contributed by atoms with Gasteiger partial charge in [-0.2, -0.15) is 0 Å². The second kappa shape index (κ2) is 9.15. The average Bonchev–Trinajstić information content (AvgIpc) is 3.11. The van der Waals surface area contributed by atoms with Crippen LogP contribution < -0.4 is 0 Å². The van der Waals surface area contributed by atoms with E-state index in [4.69, 9.17) is 4.74 Å². The summed E-state index contributed by atoms with van der Waals surface area (Å²) in [6, 6.07) is 0. The first kappa shape index (κ1) is 23.8. The van der Waals surface area contributed by atoms with E-state index in [2.05, 4.69) is 58.9 Å². The summed E-state index contributed by atoms with van der Waals surface area (Å²) in [5.41, 5.74) is 3.80. The monoisotopic (exact) mass is 438 g/mol. The van der Waals surface area contributed by atoms with Crippen molar-refractivity contribution in [2.45, 2.75) is 105 Å². The Hall–Kier alpha value is -1.31. The lowest BCUT2D eigenvalue weighted by Crippen LogP contribution is -2.51. The molecule has 3 saturated carbocycles. The largest absolute Gasteiger partial charge is 0.462 e. The summed E-state index contributed by atoms with van der Waals surface area (Å²) < 4.78 is 5.75. The number of fused-ring (bicyclic) bond motifs is 5. The molecule has 0 aromatic rings. The smallest absolute Gasteiger partial charge is 0.305 e. The van der Waals surface area contributed by atoms with Gasteiger partial charge in [-0.05, 0) is 99.2 Å². The van der Waals surface area contributed by atoms with Crippen LogP contribution in [0.5, 0.6) is 0 Å². The van der Waals surface area contributed by atoms with Gasteiger partial charge in [0, 0.05) is 12.8 Å². The lowest BCUT2D eigenvalue weighted by molar-refractivity contribution is -0.151. The summed E-state index contributed by atoms with van der Waals surface area (Å²) in [6.07, 6.45) is 20.2. The number of esters is 1. The molecule has 4 aliphatic rings. The van der Waals surface area contributed by atoms with Crippen molar-refractivity contribution in [3.63, 3.8) is 0 Å². The Balaban J connectivity index is 1.50. The Labute approximate surface area is 197 Å². The normalized spacial score (nSPS) is 41.8. The van der Waals surface area contributed by atoms with Gasteiger partial charge in [0.1, 0.15) is 6.10 Å². The maximum absolute atomic E-state index is 11.8. The van der Waals surface area contributed by atoms with Crippen LogP contribution in [-0.2, 0) is 9.53 Å². The minimum Gasteiger partial charge on any atom is -0.462 e. The maximum Gasteiger partial charge on any atom is 0.305 e. The highest BCUT2D eigenvalue weighted by atomic mass is 16.5. The third kappa shape index (κ3) is 4.16. The first-order valence-corrected chi connectivity index (χ1v) is 13.4. The summed E-state index contributed by atoms with van der Waals surface area (Å²) in [4.78, 5) is 11.8. The lowest BCUT2D eigenvalue weighted by Gasteiger charge is -2.58. The van der Waals surface area contributed by atoms with Gasteiger partial charge >= 0.3 is 5.97 Å². The fourth-order valence-corrected chi connectivity index (χ4v) is 8.46. The molecule has 0 unspecified atom stereocenters. The second-order valence-electron chi connectivity index (χ2n) is 12.2. The van der Waals surface area contributed by atoms with E-state index in [1.807, 2.05) is 6.92 Å². The zero-order chi connectivity index (χ0) is 23.1. The number of hydrogen-bond acceptors (Lipinski definition) is 2. The van der Waals surface area contributed by atoms with Crippen LogP contribution in [0.3, 0.4) is 0 Å². The van der Waals surface area contributed by atoms with Crippen LogP contribution in [0.4, 0.5) is 0 Å². The van der Waals surface area contributed by atoms with Crippen molar-refractivity contribution in [3.05, 3.63) is 35.5 Å². The van der Waals surface area contributed by atoms with Crippen molar-refractivity contribution in [2.24, 2.45) is 40.4 Å². The molecule has 3 fully saturated rings. The Morgan fingerprint density at radius 2 is 1.94 bits per heavy atom. The molecule has 0 bridgehead atoms. The van der Waals surface area contributed by atoms with Crippen LogP contribution in [0.2, 0.25) is 0 Å². The van der Waals surface area contributed by atoms with E-state index in [0.717, 1.165) is 36.5 Å². The van der Waals surface area contributed by atoms with Gasteiger partial charge in [-0.25, -0.2) is 0 Å². The molecule has 32 heavy (non-hydrogen) atoms. The molecule has 4 rings (SSSR count). The van der Waals surface area contributed by atoms with Gasteiger partial charge in [0.2, 0.25) is 0 Å². The standard InChI is InChI=1S/C30H46O2/c1-7-28(31)32-23-15-17-29(5)22(19-23)11-12-24-26-14-13-25(21(4)10-8-9-20(2)3)30(26,6)18-16-27(24)29/h8-11,21,23-27H,7,12-19H2,1-6H3/b10-8+/t21-,23-,24+,25-,26+,27+,29+,30-/m1/s1. The van der Waals surface area contributed by atoms with Gasteiger partial charge in [-0.3, -0.25) is 4.79 Å². The fraction of sp³-hybridized carbons (Fsp3) is 0.767. The molecule has 0 spiro atoms. The van der Waals surface area contributed by atoms with Gasteiger partial charge in [0.05, 0.1) is 0 Å². The molecule has 0 saturated heterocycles. The van der Waals surface area contributed by atoms with Crippen LogP contribution in [0, 0.1) is 40.4 Å². The van der Waals surface area contributed by atoms with E-state index in [9.17, 15) is 4.79 Å². The molecule has 0 aromatic heterocycles. The number of hydrogen-bond donors (Lipinski definition) is 0. The minimum atomic E-state index is -0.0360. The van der Waals surface area contributed by atoms with Crippen molar-refractivity contribution in [1.82, 2.24) is 0 Å². The number of ether oxygens (including phenoxy) is 1. The van der Waals surface area contributed by atoms with Crippen LogP contribution in [-0.4, -0.2) is 12.1 Å². The third-order valence-corrected chi connectivity index (χ3v) is 10.2. The Kier molecular flexibility index (Phi) is 6.81. The molecule has 2 nitrogen and oxygen atoms in total. The van der Waals surface area contributed by atoms with Crippen molar-refractivity contribution >= 4 is 5.97 Å². The molecule has 8 atom stereocenters. The van der Waals surface area contributed by atoms with Crippen molar-refractivity contribution in [3.8, 4) is 0 Å². The predicted molar refractivity (Wildman–Crippen MR) is 133 cm³/mol. The van der Waals surface area contributed by atoms with E-state index < -0.39 is 0 Å². The van der Waals surface area contributed by atoms with E-state index in [1.165, 1.54) is 44.1 Å². The van der Waals surface area contributed by atoms with E-state index in [1.54, 1.807) is 5.57 Å². The van der Waals surface area contributed by atoms with Gasteiger partial charge in [0.15, 0.2) is 0 Å². The molecule has 178 valence electrons. The Morgan fingerprint density at radius 3 is 2.66 bits per heavy atom. The molecule has 0 aromatic carbocycles. The van der Waals surface area contributed by atoms with Crippen LogP contribution >= 0.6 is 0 Å². The molecule has 0 aliphatic heterocycles. The van der Waals surface area contributed by atoms with Gasteiger partial charge in [-0.1, -0.05) is 63.1 Å². The Morgan fingerprint density at radius 1 is 1.16 bits per heavy atom. The van der Waals surface area contributed by atoms with E-state index >= 15 is 0 Å². The SMILES string of the molecule is CCC(=O)O[C@@H]1CC[C@@]2(C)C(=CC[C@H]3[C@@H]4CC[C@H]([C@H](C)/C=C/C=C(C)C)[C@@]4(C)CC[C@@H]32)C1. The molecule has 0 radical (unpaired) electrons. The summed E-state index contributed by atoms with van der Waals surface area (Å²) >= 11 is 0. The van der Waals surface area contributed by atoms with Crippen LogP contribution in [0.15, 0.2) is 35.5 Å². The second-order valence-corrected chi connectivity index (χ2v) is 12.2. The average molecular weight is 439 g/mol. The third-order valence-electron chi connectivity index (χ3n) is 10.2. The molecular formula is C30H46O2. The maximum atomic E-state index is 11.8. The number of carbonyl (C=O) groups is 1. The summed E-state index contributed by atoms with van der Waals surface area (Å²) in [5.74, 6) is 3.97. The number of rotatable bonds is 5. The van der Waals surface area contributed by atoms with Crippen molar-refractivity contribution < 1.29 is 9.53 Å². The van der Waals surface area contributed by atoms with Gasteiger partial charge in [-0.15, -0.1) is 0 Å². The molecule has 0 amide bonds. The van der Waals surface area contributed by atoms with E-state index in [-0.39, 0.29) is 12.1 Å². The highest BCUT2D eigenvalue weighted by molar-refractivity contribution is 5.69. The summed E-state index contributed by atoms with van der Waals surface area (Å²) in [6.45, 7) is 13.9. The molecule has 0 N–H and O–H groups in total. The molecule has 0 heterocycles. The van der Waals surface area contributed by atoms with Crippen LogP contribution in [0.25, 0.3) is 0 Å². The topological polar surface area (TPSA) is 26.3 Å². The first-order chi connectivity index (χ1) is 15.2. The van der Waals surface area contributed by atoms with Crippen molar-refractivity contribution in [1.29, 1.82) is 0 Å². The molecular weight excluding hydrogens is 392 g/mol. The number of carbonyl (C=O) groups excluding carboxylic acids is 1. The van der Waals surface area contributed by atoms with Gasteiger partial charge < -0.3 is 4.74 Å². The first-order valence-electron chi connectivity index (χ1n) is 13.4. The lowest BCUT2D eigenvalue weighted by atomic mass is 9.47. The minimum absolute atomic E-state index is 0.0360. The Bertz CT molecular complexity index is 800. The zero-order valence-electron chi connectivity index (χ0n) is 21.5. The van der Waals surface area contributed by atoms with Crippen LogP contribution in [0.1, 0.15) is 99.3 Å². The predicted octanol–water partition coefficient (Wildman–Crippen LogP) is 8.05. The highest BCUT2D eigenvalue weighted by Gasteiger charge is 2.59. The van der Waals surface area contributed by atoms with E-state index in [0.29, 0.717) is 23.2 Å². The molecule has 2 heteroatoms. The zero-order valence-corrected chi connectivity index (χ0v) is 21.5.